The van der Waals surface area contributed by atoms with E-state index in [-0.39, 0.29) is 23.3 Å². The SMILES string of the molecule is Cc1csc(CN(C)C(=O)C2CCS(=O)(=O)C2)n1. The number of sulfone groups is 1. The molecule has 0 saturated carbocycles. The molecule has 1 unspecified atom stereocenters. The first-order valence-corrected chi connectivity index (χ1v) is 8.44. The highest BCUT2D eigenvalue weighted by molar-refractivity contribution is 7.91. The predicted molar refractivity (Wildman–Crippen MR) is 70.1 cm³/mol. The summed E-state index contributed by atoms with van der Waals surface area (Å²) in [4.78, 5) is 18.0. The second-order valence-corrected chi connectivity index (χ2v) is 7.85. The van der Waals surface area contributed by atoms with E-state index in [0.717, 1.165) is 10.7 Å². The van der Waals surface area contributed by atoms with Crippen LogP contribution in [0.1, 0.15) is 17.1 Å². The Morgan fingerprint density at radius 2 is 2.33 bits per heavy atom. The van der Waals surface area contributed by atoms with Gasteiger partial charge in [-0.2, -0.15) is 0 Å². The van der Waals surface area contributed by atoms with Gasteiger partial charge in [0.15, 0.2) is 9.84 Å². The van der Waals surface area contributed by atoms with Crippen molar-refractivity contribution in [3.8, 4) is 0 Å². The molecule has 0 spiro atoms. The second kappa shape index (κ2) is 4.97. The molecule has 1 aromatic heterocycles. The molecule has 100 valence electrons. The number of thiazole rings is 1. The summed E-state index contributed by atoms with van der Waals surface area (Å²) in [5, 5.41) is 2.82. The van der Waals surface area contributed by atoms with Crippen LogP contribution in [0.5, 0.6) is 0 Å². The lowest BCUT2D eigenvalue weighted by atomic mass is 10.1. The molecule has 1 atom stereocenters. The van der Waals surface area contributed by atoms with Gasteiger partial charge in [-0.05, 0) is 13.3 Å². The van der Waals surface area contributed by atoms with Gasteiger partial charge >= 0.3 is 0 Å². The molecule has 1 fully saturated rings. The predicted octanol–water partition coefficient (Wildman–Crippen LogP) is 0.845. The Hall–Kier alpha value is -0.950. The summed E-state index contributed by atoms with van der Waals surface area (Å²) in [5.74, 6) is -0.342. The van der Waals surface area contributed by atoms with Crippen LogP contribution in [0.25, 0.3) is 0 Å². The van der Waals surface area contributed by atoms with Crippen molar-refractivity contribution < 1.29 is 13.2 Å². The first kappa shape index (κ1) is 13.5. The zero-order valence-electron chi connectivity index (χ0n) is 10.4. The van der Waals surface area contributed by atoms with E-state index in [0.29, 0.717) is 13.0 Å². The van der Waals surface area contributed by atoms with Crippen LogP contribution in [0.2, 0.25) is 0 Å². The molecular formula is C11H16N2O3S2. The van der Waals surface area contributed by atoms with Crippen LogP contribution in [0.3, 0.4) is 0 Å². The molecule has 0 radical (unpaired) electrons. The van der Waals surface area contributed by atoms with Gasteiger partial charge < -0.3 is 4.90 Å². The lowest BCUT2D eigenvalue weighted by Gasteiger charge is -2.19. The molecule has 1 aromatic rings. The van der Waals surface area contributed by atoms with Gasteiger partial charge in [-0.3, -0.25) is 4.79 Å². The summed E-state index contributed by atoms with van der Waals surface area (Å²) in [6, 6.07) is 0. The maximum absolute atomic E-state index is 12.1. The monoisotopic (exact) mass is 288 g/mol. The maximum atomic E-state index is 12.1. The Kier molecular flexibility index (Phi) is 3.72. The topological polar surface area (TPSA) is 67.3 Å². The molecule has 1 amide bonds. The Morgan fingerprint density at radius 1 is 1.61 bits per heavy atom. The average molecular weight is 288 g/mol. The number of nitrogens with zero attached hydrogens (tertiary/aromatic N) is 2. The van der Waals surface area contributed by atoms with Crippen LogP contribution in [-0.2, 0) is 21.2 Å². The lowest BCUT2D eigenvalue weighted by molar-refractivity contribution is -0.133. The van der Waals surface area contributed by atoms with Gasteiger partial charge in [-0.1, -0.05) is 0 Å². The van der Waals surface area contributed by atoms with Gasteiger partial charge in [-0.25, -0.2) is 13.4 Å². The Morgan fingerprint density at radius 3 is 2.83 bits per heavy atom. The summed E-state index contributed by atoms with van der Waals surface area (Å²) in [7, 11) is -1.30. The second-order valence-electron chi connectivity index (χ2n) is 4.68. The van der Waals surface area contributed by atoms with E-state index in [1.165, 1.54) is 11.3 Å². The Balaban J connectivity index is 1.97. The molecule has 5 nitrogen and oxygen atoms in total. The van der Waals surface area contributed by atoms with Crippen molar-refractivity contribution in [2.24, 2.45) is 5.92 Å². The Labute approximate surface area is 111 Å². The van der Waals surface area contributed by atoms with Gasteiger partial charge in [-0.15, -0.1) is 11.3 Å². The third kappa shape index (κ3) is 3.08. The van der Waals surface area contributed by atoms with E-state index in [1.54, 1.807) is 11.9 Å². The molecule has 1 aliphatic heterocycles. The van der Waals surface area contributed by atoms with E-state index in [4.69, 9.17) is 0 Å². The van der Waals surface area contributed by atoms with Gasteiger partial charge in [0, 0.05) is 18.1 Å². The van der Waals surface area contributed by atoms with Crippen molar-refractivity contribution in [3.05, 3.63) is 16.1 Å². The summed E-state index contributed by atoms with van der Waals surface area (Å²) < 4.78 is 22.7. The molecule has 18 heavy (non-hydrogen) atoms. The first-order valence-electron chi connectivity index (χ1n) is 5.74. The highest BCUT2D eigenvalue weighted by atomic mass is 32.2. The highest BCUT2D eigenvalue weighted by Crippen LogP contribution is 2.21. The molecule has 7 heteroatoms. The number of aromatic nitrogens is 1. The average Bonchev–Trinajstić information content (AvgIpc) is 2.83. The first-order chi connectivity index (χ1) is 8.37. The molecular weight excluding hydrogens is 272 g/mol. The molecule has 0 aromatic carbocycles. The fourth-order valence-electron chi connectivity index (χ4n) is 2.06. The van der Waals surface area contributed by atoms with Crippen LogP contribution in [0.15, 0.2) is 5.38 Å². The van der Waals surface area contributed by atoms with Gasteiger partial charge in [0.2, 0.25) is 5.91 Å². The van der Waals surface area contributed by atoms with Crippen molar-refractivity contribution in [2.45, 2.75) is 19.9 Å². The van der Waals surface area contributed by atoms with Crippen molar-refractivity contribution in [1.82, 2.24) is 9.88 Å². The number of carbonyl (C=O) groups is 1. The van der Waals surface area contributed by atoms with Crippen LogP contribution in [0, 0.1) is 12.8 Å². The van der Waals surface area contributed by atoms with Crippen LogP contribution < -0.4 is 0 Å². The van der Waals surface area contributed by atoms with Crippen LogP contribution in [0.4, 0.5) is 0 Å². The van der Waals surface area contributed by atoms with Crippen molar-refractivity contribution in [3.63, 3.8) is 0 Å². The standard InChI is InChI=1S/C11H16N2O3S2/c1-8-6-17-10(12-8)5-13(2)11(14)9-3-4-18(15,16)7-9/h6,9H,3-5,7H2,1-2H3. The molecule has 0 N–H and O–H groups in total. The van der Waals surface area contributed by atoms with Gasteiger partial charge in [0.05, 0.1) is 24.0 Å². The van der Waals surface area contributed by atoms with Crippen molar-refractivity contribution in [1.29, 1.82) is 0 Å². The number of hydrogen-bond donors (Lipinski definition) is 0. The zero-order chi connectivity index (χ0) is 13.3. The highest BCUT2D eigenvalue weighted by Gasteiger charge is 2.34. The van der Waals surface area contributed by atoms with Crippen LogP contribution >= 0.6 is 11.3 Å². The van der Waals surface area contributed by atoms with Crippen LogP contribution in [-0.4, -0.2) is 42.8 Å². The van der Waals surface area contributed by atoms with Gasteiger partial charge in [0.25, 0.3) is 0 Å². The minimum atomic E-state index is -3.00. The largest absolute Gasteiger partial charge is 0.339 e. The van der Waals surface area contributed by atoms with E-state index < -0.39 is 9.84 Å². The smallest absolute Gasteiger partial charge is 0.226 e. The minimum absolute atomic E-state index is 0.00687. The third-order valence-electron chi connectivity index (χ3n) is 3.00. The molecule has 0 aliphatic carbocycles. The molecule has 2 rings (SSSR count). The fourth-order valence-corrected chi connectivity index (χ4v) is 4.61. The van der Waals surface area contributed by atoms with Crippen molar-refractivity contribution >= 4 is 27.1 Å². The third-order valence-corrected chi connectivity index (χ3v) is 5.72. The summed E-state index contributed by atoms with van der Waals surface area (Å²) in [6.45, 7) is 2.36. The fraction of sp³-hybridized carbons (Fsp3) is 0.636. The molecule has 1 saturated heterocycles. The number of aryl methyl sites for hydroxylation is 1. The van der Waals surface area contributed by atoms with E-state index in [2.05, 4.69) is 4.98 Å². The minimum Gasteiger partial charge on any atom is -0.339 e. The number of rotatable bonds is 3. The zero-order valence-corrected chi connectivity index (χ0v) is 12.1. The quantitative estimate of drug-likeness (QED) is 0.827. The summed E-state index contributed by atoms with van der Waals surface area (Å²) in [6.07, 6.45) is 0.447. The van der Waals surface area contributed by atoms with E-state index in [9.17, 15) is 13.2 Å². The molecule has 1 aliphatic rings. The summed E-state index contributed by atoms with van der Waals surface area (Å²) >= 11 is 1.51. The Bertz CT molecular complexity index is 550. The number of carbonyl (C=O) groups excluding carboxylic acids is 1. The van der Waals surface area contributed by atoms with E-state index in [1.807, 2.05) is 12.3 Å². The normalized spacial score (nSPS) is 22.0. The number of amides is 1. The van der Waals surface area contributed by atoms with Crippen molar-refractivity contribution in [2.75, 3.05) is 18.6 Å². The maximum Gasteiger partial charge on any atom is 0.226 e. The molecule has 0 bridgehead atoms. The van der Waals surface area contributed by atoms with E-state index >= 15 is 0 Å². The molecule has 2 heterocycles. The lowest BCUT2D eigenvalue weighted by Crippen LogP contribution is -2.33. The van der Waals surface area contributed by atoms with Gasteiger partial charge in [0.1, 0.15) is 5.01 Å². The number of hydrogen-bond acceptors (Lipinski definition) is 5. The summed E-state index contributed by atoms with van der Waals surface area (Å²) in [5.41, 5.74) is 0.944.